The van der Waals surface area contributed by atoms with Gasteiger partial charge in [0.1, 0.15) is 0 Å². The molecule has 0 saturated heterocycles. The Morgan fingerprint density at radius 1 is 1.38 bits per heavy atom. The Morgan fingerprint density at radius 2 is 1.88 bits per heavy atom. The van der Waals surface area contributed by atoms with Crippen LogP contribution in [0, 0.1) is 0 Å². The number of aliphatic hydroxyl groups is 1. The van der Waals surface area contributed by atoms with Gasteiger partial charge in [0.2, 0.25) is 0 Å². The molecule has 0 aromatic rings. The zero-order valence-corrected chi connectivity index (χ0v) is 11.0. The van der Waals surface area contributed by atoms with Gasteiger partial charge >= 0.3 is 10.3 Å². The summed E-state index contributed by atoms with van der Waals surface area (Å²) in [6.45, 7) is -0.375. The van der Waals surface area contributed by atoms with Crippen molar-refractivity contribution in [3.05, 3.63) is 0 Å². The molecule has 98 valence electrons. The van der Waals surface area contributed by atoms with Gasteiger partial charge in [-0.05, 0) is 0 Å². The van der Waals surface area contributed by atoms with Crippen molar-refractivity contribution in [1.29, 1.82) is 0 Å². The van der Waals surface area contributed by atoms with Gasteiger partial charge in [-0.2, -0.15) is 12.7 Å². The van der Waals surface area contributed by atoms with Crippen molar-refractivity contribution >= 4 is 33.5 Å². The maximum Gasteiger partial charge on any atom is 0.335 e. The normalized spacial score (nSPS) is 14.7. The molecule has 0 spiro atoms. The number of nitrogens with zero attached hydrogens (tertiary/aromatic N) is 1. The van der Waals surface area contributed by atoms with E-state index in [1.54, 1.807) is 0 Å². The molecule has 0 amide bonds. The van der Waals surface area contributed by atoms with E-state index in [-0.39, 0.29) is 24.9 Å². The SMILES string of the molecule is CN(CC(O)COC(CCl)CCl)S(=O)(=O)O. The summed E-state index contributed by atoms with van der Waals surface area (Å²) in [4.78, 5) is 0. The highest BCUT2D eigenvalue weighted by molar-refractivity contribution is 7.83. The number of aliphatic hydroxyl groups excluding tert-OH is 1. The minimum absolute atomic E-state index is 0.107. The van der Waals surface area contributed by atoms with E-state index in [0.29, 0.717) is 4.31 Å². The van der Waals surface area contributed by atoms with Gasteiger partial charge in [0.15, 0.2) is 0 Å². The Balaban J connectivity index is 3.95. The van der Waals surface area contributed by atoms with Crippen LogP contribution < -0.4 is 0 Å². The highest BCUT2D eigenvalue weighted by atomic mass is 35.5. The van der Waals surface area contributed by atoms with Gasteiger partial charge in [-0.15, -0.1) is 23.2 Å². The fraction of sp³-hybridized carbons (Fsp3) is 1.00. The lowest BCUT2D eigenvalue weighted by molar-refractivity contribution is 0.00308. The molecule has 0 aliphatic rings. The number of likely N-dealkylation sites (N-methyl/N-ethyl adjacent to an activating group) is 1. The molecule has 0 aliphatic heterocycles. The number of hydrogen-bond donors (Lipinski definition) is 2. The topological polar surface area (TPSA) is 87.1 Å². The fourth-order valence-electron chi connectivity index (χ4n) is 0.821. The first kappa shape index (κ1) is 16.4. The largest absolute Gasteiger partial charge is 0.389 e. The minimum atomic E-state index is -4.28. The molecule has 0 rings (SSSR count). The number of rotatable bonds is 8. The summed E-state index contributed by atoms with van der Waals surface area (Å²) >= 11 is 11.0. The van der Waals surface area contributed by atoms with E-state index in [1.807, 2.05) is 0 Å². The van der Waals surface area contributed by atoms with Crippen molar-refractivity contribution in [1.82, 2.24) is 4.31 Å². The van der Waals surface area contributed by atoms with Crippen LogP contribution in [0.5, 0.6) is 0 Å². The Kier molecular flexibility index (Phi) is 7.83. The van der Waals surface area contributed by atoms with Crippen LogP contribution in [0.4, 0.5) is 0 Å². The molecule has 0 heterocycles. The molecular formula is C7H15Cl2NO5S. The molecular weight excluding hydrogens is 281 g/mol. The van der Waals surface area contributed by atoms with Gasteiger partial charge in [0, 0.05) is 25.4 Å². The van der Waals surface area contributed by atoms with Crippen LogP contribution >= 0.6 is 23.2 Å². The summed E-state index contributed by atoms with van der Waals surface area (Å²) in [6.07, 6.45) is -1.45. The van der Waals surface area contributed by atoms with Gasteiger partial charge in [-0.1, -0.05) is 0 Å². The molecule has 0 aromatic heterocycles. The predicted octanol–water partition coefficient (Wildman–Crippen LogP) is -0.0553. The molecule has 0 bridgehead atoms. The lowest BCUT2D eigenvalue weighted by Gasteiger charge is -2.19. The molecule has 0 fully saturated rings. The van der Waals surface area contributed by atoms with Crippen LogP contribution in [-0.2, 0) is 15.0 Å². The van der Waals surface area contributed by atoms with Crippen molar-refractivity contribution in [2.75, 3.05) is 32.0 Å². The number of ether oxygens (including phenoxy) is 1. The predicted molar refractivity (Wildman–Crippen MR) is 61.4 cm³/mol. The monoisotopic (exact) mass is 295 g/mol. The number of halogens is 2. The van der Waals surface area contributed by atoms with E-state index >= 15 is 0 Å². The maximum absolute atomic E-state index is 10.6. The minimum Gasteiger partial charge on any atom is -0.389 e. The highest BCUT2D eigenvalue weighted by Gasteiger charge is 2.18. The first-order valence-corrected chi connectivity index (χ1v) is 6.88. The van der Waals surface area contributed by atoms with Crippen LogP contribution in [-0.4, -0.2) is 66.5 Å². The molecule has 1 unspecified atom stereocenters. The third-order valence-corrected chi connectivity index (χ3v) is 3.36. The van der Waals surface area contributed by atoms with Crippen LogP contribution in [0.1, 0.15) is 0 Å². The molecule has 2 N–H and O–H groups in total. The van der Waals surface area contributed by atoms with Crippen molar-refractivity contribution in [3.63, 3.8) is 0 Å². The van der Waals surface area contributed by atoms with Crippen molar-refractivity contribution in [2.24, 2.45) is 0 Å². The average molecular weight is 296 g/mol. The number of hydrogen-bond acceptors (Lipinski definition) is 4. The molecule has 16 heavy (non-hydrogen) atoms. The van der Waals surface area contributed by atoms with Crippen LogP contribution in [0.15, 0.2) is 0 Å². The van der Waals surface area contributed by atoms with E-state index in [1.165, 1.54) is 0 Å². The maximum atomic E-state index is 10.6. The zero-order chi connectivity index (χ0) is 12.8. The summed E-state index contributed by atoms with van der Waals surface area (Å²) < 4.78 is 35.5. The average Bonchev–Trinajstić information content (AvgIpc) is 2.17. The fourth-order valence-corrected chi connectivity index (χ4v) is 1.69. The van der Waals surface area contributed by atoms with Gasteiger partial charge in [0.05, 0.1) is 18.8 Å². The molecule has 0 aromatic carbocycles. The summed E-state index contributed by atoms with van der Waals surface area (Å²) in [7, 11) is -3.14. The second kappa shape index (κ2) is 7.65. The lowest BCUT2D eigenvalue weighted by Crippen LogP contribution is -2.37. The third-order valence-electron chi connectivity index (χ3n) is 1.73. The second-order valence-corrected chi connectivity index (χ2v) is 5.31. The van der Waals surface area contributed by atoms with E-state index in [0.717, 1.165) is 7.05 Å². The van der Waals surface area contributed by atoms with Crippen LogP contribution in [0.2, 0.25) is 0 Å². The molecule has 0 radical (unpaired) electrons. The van der Waals surface area contributed by atoms with E-state index in [9.17, 15) is 13.5 Å². The zero-order valence-electron chi connectivity index (χ0n) is 8.71. The van der Waals surface area contributed by atoms with Gasteiger partial charge in [0.25, 0.3) is 0 Å². The Labute approximate surface area is 105 Å². The molecule has 0 saturated carbocycles. The first-order valence-electron chi connectivity index (χ1n) is 4.41. The van der Waals surface area contributed by atoms with E-state index < -0.39 is 22.5 Å². The summed E-state index contributed by atoms with van der Waals surface area (Å²) in [5, 5.41) is 9.39. The summed E-state index contributed by atoms with van der Waals surface area (Å²) in [5.74, 6) is 0.370. The summed E-state index contributed by atoms with van der Waals surface area (Å²) in [5.41, 5.74) is 0. The molecule has 6 nitrogen and oxygen atoms in total. The standard InChI is InChI=1S/C7H15Cl2NO5S/c1-10(16(12,13)14)4-6(11)5-15-7(2-8)3-9/h6-7,11H,2-5H2,1H3,(H,12,13,14). The Morgan fingerprint density at radius 3 is 2.25 bits per heavy atom. The van der Waals surface area contributed by atoms with Gasteiger partial charge in [-0.3, -0.25) is 4.55 Å². The van der Waals surface area contributed by atoms with E-state index in [4.69, 9.17) is 32.5 Å². The second-order valence-electron chi connectivity index (χ2n) is 3.18. The number of alkyl halides is 2. The first-order chi connectivity index (χ1) is 7.31. The summed E-state index contributed by atoms with van der Waals surface area (Å²) in [6, 6.07) is 0. The smallest absolute Gasteiger partial charge is 0.335 e. The van der Waals surface area contributed by atoms with Crippen molar-refractivity contribution in [2.45, 2.75) is 12.2 Å². The molecule has 9 heteroatoms. The van der Waals surface area contributed by atoms with E-state index in [2.05, 4.69) is 0 Å². The quantitative estimate of drug-likeness (QED) is 0.484. The van der Waals surface area contributed by atoms with Crippen LogP contribution in [0.3, 0.4) is 0 Å². The Bertz CT molecular complexity index is 283. The highest BCUT2D eigenvalue weighted by Crippen LogP contribution is 2.02. The Hall–Kier alpha value is 0.370. The van der Waals surface area contributed by atoms with Gasteiger partial charge in [-0.25, -0.2) is 0 Å². The molecule has 0 aliphatic carbocycles. The van der Waals surface area contributed by atoms with Crippen molar-refractivity contribution < 1.29 is 22.8 Å². The lowest BCUT2D eigenvalue weighted by atomic mass is 10.3. The van der Waals surface area contributed by atoms with Crippen LogP contribution in [0.25, 0.3) is 0 Å². The van der Waals surface area contributed by atoms with Gasteiger partial charge < -0.3 is 9.84 Å². The molecule has 1 atom stereocenters. The third kappa shape index (κ3) is 6.85. The van der Waals surface area contributed by atoms with Crippen molar-refractivity contribution in [3.8, 4) is 0 Å².